The van der Waals surface area contributed by atoms with Crippen LogP contribution in [0.15, 0.2) is 303 Å². The van der Waals surface area contributed by atoms with Gasteiger partial charge in [-0.3, -0.25) is 0 Å². The molecule has 14 rings (SSSR count). The molecule has 0 amide bonds. The second-order valence-electron chi connectivity index (χ2n) is 19.4. The summed E-state index contributed by atoms with van der Waals surface area (Å²) < 4.78 is 4.73. The van der Waals surface area contributed by atoms with Crippen molar-refractivity contribution in [2.24, 2.45) is 0 Å². The summed E-state index contributed by atoms with van der Waals surface area (Å²) in [5, 5.41) is 5.07. The van der Waals surface area contributed by atoms with Crippen LogP contribution in [0.25, 0.3) is 88.4 Å². The molecule has 0 aliphatic rings. The first kappa shape index (κ1) is 44.5. The fraction of sp³-hybridized carbons (Fsp3) is 0. The molecule has 2 aromatic heterocycles. The van der Waals surface area contributed by atoms with Gasteiger partial charge in [-0.25, -0.2) is 0 Å². The van der Waals surface area contributed by atoms with E-state index in [2.05, 4.69) is 322 Å². The minimum Gasteiger partial charge on any atom is -0.311 e. The number of fused-ring (bicyclic) bond motifs is 6. The predicted molar refractivity (Wildman–Crippen MR) is 321 cm³/mol. The molecule has 0 atom stereocenters. The molecular formula is C72H50N4. The topological polar surface area (TPSA) is 16.3 Å². The molecule has 0 saturated carbocycles. The Morgan fingerprint density at radius 1 is 0.171 bits per heavy atom. The molecule has 4 nitrogen and oxygen atoms in total. The number of hydrogen-bond acceptors (Lipinski definition) is 2. The molecule has 0 aliphatic carbocycles. The standard InChI is InChI=1S/C72H50N4/c1-3-15-57(16-4-1)73(61-43-31-53(32-44-61)55-35-47-63(48-36-55)75-69-23-11-7-19-65(69)66-20-8-12-24-70(66)75)59-39-27-51(28-40-59)52-29-41-60(42-30-52)74(58-17-5-2-6-18-58)62-45-33-54(34-46-62)56-37-49-64(50-38-56)76-71-25-13-9-21-67(71)68-22-10-14-26-72(68)76/h1-50H. The number of anilines is 6. The van der Waals surface area contributed by atoms with Gasteiger partial charge in [0.15, 0.2) is 0 Å². The van der Waals surface area contributed by atoms with Crippen LogP contribution in [0.4, 0.5) is 34.1 Å². The summed E-state index contributed by atoms with van der Waals surface area (Å²) in [4.78, 5) is 4.65. The van der Waals surface area contributed by atoms with Gasteiger partial charge in [0, 0.05) is 67.0 Å². The van der Waals surface area contributed by atoms with Crippen LogP contribution in [0.1, 0.15) is 0 Å². The van der Waals surface area contributed by atoms with Gasteiger partial charge in [-0.05, 0) is 155 Å². The number of hydrogen-bond donors (Lipinski definition) is 0. The van der Waals surface area contributed by atoms with E-state index in [1.165, 1.54) is 65.9 Å². The molecule has 0 fully saturated rings. The van der Waals surface area contributed by atoms with Gasteiger partial charge in [-0.15, -0.1) is 0 Å². The smallest absolute Gasteiger partial charge is 0.0541 e. The molecule has 0 aliphatic heterocycles. The first-order valence-electron chi connectivity index (χ1n) is 26.0. The highest BCUT2D eigenvalue weighted by Crippen LogP contribution is 2.41. The molecule has 2 heterocycles. The van der Waals surface area contributed by atoms with Crippen LogP contribution < -0.4 is 9.80 Å². The van der Waals surface area contributed by atoms with Gasteiger partial charge in [0.1, 0.15) is 0 Å². The molecule has 358 valence electrons. The number of nitrogens with zero attached hydrogens (tertiary/aromatic N) is 4. The van der Waals surface area contributed by atoms with E-state index in [-0.39, 0.29) is 0 Å². The lowest BCUT2D eigenvalue weighted by atomic mass is 10.0. The highest BCUT2D eigenvalue weighted by molar-refractivity contribution is 6.10. The predicted octanol–water partition coefficient (Wildman–Crippen LogP) is 19.8. The van der Waals surface area contributed by atoms with Crippen LogP contribution in [0.3, 0.4) is 0 Å². The summed E-state index contributed by atoms with van der Waals surface area (Å²) in [6, 6.07) is 109. The highest BCUT2D eigenvalue weighted by Gasteiger charge is 2.17. The molecule has 12 aromatic carbocycles. The third-order valence-corrected chi connectivity index (χ3v) is 14.9. The molecule has 0 bridgehead atoms. The summed E-state index contributed by atoms with van der Waals surface area (Å²) in [5.41, 5.74) is 20.7. The van der Waals surface area contributed by atoms with Gasteiger partial charge in [0.2, 0.25) is 0 Å². The van der Waals surface area contributed by atoms with Gasteiger partial charge in [-0.1, -0.05) is 182 Å². The summed E-state index contributed by atoms with van der Waals surface area (Å²) >= 11 is 0. The third kappa shape index (κ3) is 7.97. The van der Waals surface area contributed by atoms with E-state index < -0.39 is 0 Å². The molecular weight excluding hydrogens is 921 g/mol. The van der Waals surface area contributed by atoms with Gasteiger partial charge >= 0.3 is 0 Å². The van der Waals surface area contributed by atoms with E-state index in [9.17, 15) is 0 Å². The maximum atomic E-state index is 2.37. The Labute approximate surface area is 442 Å². The minimum atomic E-state index is 1.09. The fourth-order valence-electron chi connectivity index (χ4n) is 11.3. The molecule has 76 heavy (non-hydrogen) atoms. The zero-order valence-corrected chi connectivity index (χ0v) is 41.7. The fourth-order valence-corrected chi connectivity index (χ4v) is 11.3. The number of benzene rings is 12. The van der Waals surface area contributed by atoms with Crippen LogP contribution in [0.2, 0.25) is 0 Å². The van der Waals surface area contributed by atoms with Crippen molar-refractivity contribution in [3.8, 4) is 44.8 Å². The molecule has 0 saturated heterocycles. The van der Waals surface area contributed by atoms with Crippen molar-refractivity contribution in [3.63, 3.8) is 0 Å². The summed E-state index contributed by atoms with van der Waals surface area (Å²) in [6.07, 6.45) is 0. The Hall–Kier alpha value is -10.2. The molecule has 0 spiro atoms. The van der Waals surface area contributed by atoms with Crippen LogP contribution >= 0.6 is 0 Å². The van der Waals surface area contributed by atoms with Crippen molar-refractivity contribution in [1.29, 1.82) is 0 Å². The van der Waals surface area contributed by atoms with E-state index in [1.54, 1.807) is 0 Å². The van der Waals surface area contributed by atoms with Gasteiger partial charge < -0.3 is 18.9 Å². The Morgan fingerprint density at radius 3 is 0.618 bits per heavy atom. The van der Waals surface area contributed by atoms with Crippen LogP contribution in [-0.2, 0) is 0 Å². The van der Waals surface area contributed by atoms with Gasteiger partial charge in [0.05, 0.1) is 22.1 Å². The Bertz CT molecular complexity index is 3940. The van der Waals surface area contributed by atoms with Crippen molar-refractivity contribution in [3.05, 3.63) is 303 Å². The van der Waals surface area contributed by atoms with Crippen LogP contribution in [0.5, 0.6) is 0 Å². The first-order chi connectivity index (χ1) is 37.7. The lowest BCUT2D eigenvalue weighted by molar-refractivity contribution is 1.18. The number of aromatic nitrogens is 2. The molecule has 14 aromatic rings. The largest absolute Gasteiger partial charge is 0.311 e. The maximum Gasteiger partial charge on any atom is 0.0541 e. The molecule has 0 radical (unpaired) electrons. The quantitative estimate of drug-likeness (QED) is 0.128. The zero-order chi connectivity index (χ0) is 50.4. The zero-order valence-electron chi connectivity index (χ0n) is 41.7. The first-order valence-corrected chi connectivity index (χ1v) is 26.0. The Kier molecular flexibility index (Phi) is 11.2. The summed E-state index contributed by atoms with van der Waals surface area (Å²) in [7, 11) is 0. The monoisotopic (exact) mass is 970 g/mol. The van der Waals surface area contributed by atoms with E-state index in [1.807, 2.05) is 0 Å². The van der Waals surface area contributed by atoms with E-state index in [4.69, 9.17) is 0 Å². The number of rotatable bonds is 11. The van der Waals surface area contributed by atoms with Crippen molar-refractivity contribution in [2.45, 2.75) is 0 Å². The molecule has 0 unspecified atom stereocenters. The van der Waals surface area contributed by atoms with Crippen molar-refractivity contribution >= 4 is 77.7 Å². The van der Waals surface area contributed by atoms with Crippen molar-refractivity contribution in [1.82, 2.24) is 9.13 Å². The lowest BCUT2D eigenvalue weighted by Crippen LogP contribution is -2.10. The maximum absolute atomic E-state index is 2.37. The highest BCUT2D eigenvalue weighted by atomic mass is 15.1. The Balaban J connectivity index is 0.709. The van der Waals surface area contributed by atoms with Crippen molar-refractivity contribution < 1.29 is 0 Å². The lowest BCUT2D eigenvalue weighted by Gasteiger charge is -2.26. The SMILES string of the molecule is c1ccc(N(c2ccc(-c3ccc(N(c4ccccc4)c4ccc(-c5ccc(-n6c7ccccc7c7ccccc76)cc5)cc4)cc3)cc2)c2ccc(-c3ccc(-n4c5ccccc5c5ccccc54)cc3)cc2)cc1. The van der Waals surface area contributed by atoms with Crippen LogP contribution in [-0.4, -0.2) is 9.13 Å². The van der Waals surface area contributed by atoms with Crippen LogP contribution in [0, 0.1) is 0 Å². The third-order valence-electron chi connectivity index (χ3n) is 14.9. The second kappa shape index (κ2) is 19.0. The summed E-state index contributed by atoms with van der Waals surface area (Å²) in [6.45, 7) is 0. The minimum absolute atomic E-state index is 1.09. The van der Waals surface area contributed by atoms with Crippen molar-refractivity contribution in [2.75, 3.05) is 9.80 Å². The summed E-state index contributed by atoms with van der Waals surface area (Å²) in [5.74, 6) is 0. The van der Waals surface area contributed by atoms with E-state index in [0.717, 1.165) is 56.6 Å². The number of para-hydroxylation sites is 6. The van der Waals surface area contributed by atoms with E-state index in [0.29, 0.717) is 0 Å². The molecule has 4 heteroatoms. The van der Waals surface area contributed by atoms with Gasteiger partial charge in [-0.2, -0.15) is 0 Å². The average Bonchev–Trinajstić information content (AvgIpc) is 4.07. The normalized spacial score (nSPS) is 11.4. The van der Waals surface area contributed by atoms with Gasteiger partial charge in [0.25, 0.3) is 0 Å². The Morgan fingerprint density at radius 2 is 0.368 bits per heavy atom. The average molecular weight is 971 g/mol. The van der Waals surface area contributed by atoms with E-state index >= 15 is 0 Å². The molecule has 0 N–H and O–H groups in total. The second-order valence-corrected chi connectivity index (χ2v) is 19.4.